The second kappa shape index (κ2) is 6.11. The zero-order valence-electron chi connectivity index (χ0n) is 12.2. The van der Waals surface area contributed by atoms with Gasteiger partial charge in [0.15, 0.2) is 0 Å². The molecule has 0 aliphatic rings. The van der Waals surface area contributed by atoms with Crippen molar-refractivity contribution in [2.24, 2.45) is 0 Å². The molecule has 0 aliphatic carbocycles. The number of hydrogen-bond donors (Lipinski definition) is 0. The molecule has 0 fully saturated rings. The zero-order chi connectivity index (χ0) is 15.9. The molecule has 4 heteroatoms. The molecule has 0 saturated carbocycles. The van der Waals surface area contributed by atoms with Crippen LogP contribution in [0.1, 0.15) is 0 Å². The number of halogens is 3. The quantitative estimate of drug-likeness (QED) is 0.470. The summed E-state index contributed by atoms with van der Waals surface area (Å²) in [7, 11) is 4.09. The van der Waals surface area contributed by atoms with Gasteiger partial charge in [0.05, 0.1) is 5.69 Å². The fourth-order valence-electron chi connectivity index (χ4n) is 2.73. The van der Waals surface area contributed by atoms with Crippen molar-refractivity contribution in [2.45, 2.75) is 0 Å². The van der Waals surface area contributed by atoms with E-state index in [9.17, 15) is 0 Å². The van der Waals surface area contributed by atoms with E-state index in [1.165, 1.54) is 10.8 Å². The Labute approximate surface area is 148 Å². The maximum atomic E-state index is 6.16. The van der Waals surface area contributed by atoms with Gasteiger partial charge in [-0.2, -0.15) is 0 Å². The Kier molecular flexibility index (Phi) is 4.35. The third-order valence-electron chi connectivity index (χ3n) is 3.60. The van der Waals surface area contributed by atoms with E-state index in [1.54, 1.807) is 6.07 Å². The molecular weight excluding hydrogens is 381 g/mol. The monoisotopic (exact) mass is 393 g/mol. The first-order valence-electron chi connectivity index (χ1n) is 6.82. The fraction of sp³-hybridized carbons (Fsp3) is 0.111. The molecule has 0 bridgehead atoms. The summed E-state index contributed by atoms with van der Waals surface area (Å²) in [5, 5.41) is 3.65. The molecule has 22 heavy (non-hydrogen) atoms. The Hall–Kier alpha value is -1.22. The first-order valence-corrected chi connectivity index (χ1v) is 8.37. The van der Waals surface area contributed by atoms with Crippen molar-refractivity contribution in [3.8, 4) is 11.1 Å². The van der Waals surface area contributed by atoms with Crippen LogP contribution in [0.2, 0.25) is 10.0 Å². The maximum Gasteiger partial charge on any atom is 0.0585 e. The van der Waals surface area contributed by atoms with Crippen LogP contribution in [0, 0.1) is 0 Å². The maximum absolute atomic E-state index is 6.16. The smallest absolute Gasteiger partial charge is 0.0585 e. The fourth-order valence-corrected chi connectivity index (χ4v) is 3.96. The summed E-state index contributed by atoms with van der Waals surface area (Å²) in [6.07, 6.45) is 0. The van der Waals surface area contributed by atoms with Gasteiger partial charge in [0, 0.05) is 34.0 Å². The van der Waals surface area contributed by atoms with Crippen molar-refractivity contribution in [3.63, 3.8) is 0 Å². The highest BCUT2D eigenvalue weighted by atomic mass is 79.9. The van der Waals surface area contributed by atoms with Crippen molar-refractivity contribution < 1.29 is 0 Å². The van der Waals surface area contributed by atoms with Gasteiger partial charge < -0.3 is 4.90 Å². The van der Waals surface area contributed by atoms with E-state index in [1.807, 2.05) is 26.2 Å². The van der Waals surface area contributed by atoms with E-state index < -0.39 is 0 Å². The molecule has 3 aromatic carbocycles. The molecule has 0 aliphatic heterocycles. The molecule has 0 radical (unpaired) electrons. The lowest BCUT2D eigenvalue weighted by atomic mass is 9.97. The molecule has 0 aromatic heterocycles. The van der Waals surface area contributed by atoms with Crippen LogP contribution in [0.5, 0.6) is 0 Å². The van der Waals surface area contributed by atoms with Crippen molar-refractivity contribution >= 4 is 55.6 Å². The summed E-state index contributed by atoms with van der Waals surface area (Å²) in [5.74, 6) is 0. The third-order valence-corrected chi connectivity index (χ3v) is 4.68. The molecular formula is C18H14BrCl2N. The van der Waals surface area contributed by atoms with Gasteiger partial charge in [0.2, 0.25) is 0 Å². The first-order chi connectivity index (χ1) is 10.5. The highest BCUT2D eigenvalue weighted by Gasteiger charge is 2.12. The van der Waals surface area contributed by atoms with Gasteiger partial charge in [-0.05, 0) is 56.7 Å². The molecule has 3 rings (SSSR count). The molecule has 3 aromatic rings. The van der Waals surface area contributed by atoms with Crippen molar-refractivity contribution in [2.75, 3.05) is 19.0 Å². The largest absolute Gasteiger partial charge is 0.376 e. The lowest BCUT2D eigenvalue weighted by Crippen LogP contribution is -2.09. The second-order valence-electron chi connectivity index (χ2n) is 5.35. The average molecular weight is 395 g/mol. The Bertz CT molecular complexity index is 839. The highest BCUT2D eigenvalue weighted by molar-refractivity contribution is 9.10. The van der Waals surface area contributed by atoms with Gasteiger partial charge in [0.1, 0.15) is 0 Å². The first kappa shape index (κ1) is 15.7. The minimum absolute atomic E-state index is 0.643. The third kappa shape index (κ3) is 2.83. The predicted octanol–water partition coefficient (Wildman–Crippen LogP) is 6.64. The number of rotatable bonds is 2. The summed E-state index contributed by atoms with van der Waals surface area (Å²) in [5.41, 5.74) is 3.31. The average Bonchev–Trinajstić information content (AvgIpc) is 2.44. The van der Waals surface area contributed by atoms with Crippen molar-refractivity contribution in [1.82, 2.24) is 0 Å². The lowest BCUT2D eigenvalue weighted by Gasteiger charge is -2.19. The summed E-state index contributed by atoms with van der Waals surface area (Å²) < 4.78 is 1.08. The van der Waals surface area contributed by atoms with Crippen LogP contribution in [0.15, 0.2) is 53.0 Å². The van der Waals surface area contributed by atoms with E-state index in [2.05, 4.69) is 51.2 Å². The van der Waals surface area contributed by atoms with Gasteiger partial charge >= 0.3 is 0 Å². The van der Waals surface area contributed by atoms with E-state index in [0.717, 1.165) is 21.3 Å². The van der Waals surface area contributed by atoms with Gasteiger partial charge in [-0.15, -0.1) is 0 Å². The van der Waals surface area contributed by atoms with Crippen LogP contribution in [0.25, 0.3) is 21.9 Å². The second-order valence-corrected chi connectivity index (χ2v) is 7.08. The van der Waals surface area contributed by atoms with Gasteiger partial charge in [-0.25, -0.2) is 0 Å². The van der Waals surface area contributed by atoms with Crippen molar-refractivity contribution in [3.05, 3.63) is 63.0 Å². The molecule has 0 atom stereocenters. The number of anilines is 1. The molecule has 1 nitrogen and oxygen atoms in total. The zero-order valence-corrected chi connectivity index (χ0v) is 15.3. The molecule has 0 heterocycles. The van der Waals surface area contributed by atoms with Crippen LogP contribution < -0.4 is 4.90 Å². The lowest BCUT2D eigenvalue weighted by molar-refractivity contribution is 1.14. The molecule has 0 saturated heterocycles. The minimum atomic E-state index is 0.643. The van der Waals surface area contributed by atoms with Crippen LogP contribution in [-0.2, 0) is 0 Å². The van der Waals surface area contributed by atoms with Crippen LogP contribution in [0.3, 0.4) is 0 Å². The van der Waals surface area contributed by atoms with Crippen LogP contribution in [-0.4, -0.2) is 14.1 Å². The topological polar surface area (TPSA) is 3.24 Å². The molecule has 0 unspecified atom stereocenters. The number of hydrogen-bond acceptors (Lipinski definition) is 1. The van der Waals surface area contributed by atoms with E-state index in [4.69, 9.17) is 23.2 Å². The predicted molar refractivity (Wildman–Crippen MR) is 101 cm³/mol. The number of nitrogens with zero attached hydrogens (tertiary/aromatic N) is 1. The minimum Gasteiger partial charge on any atom is -0.376 e. The SMILES string of the molecule is CN(C)c1c(Br)ccc2c(-c3cc(Cl)cc(Cl)c3)cccc12. The van der Waals surface area contributed by atoms with Gasteiger partial charge in [0.25, 0.3) is 0 Å². The summed E-state index contributed by atoms with van der Waals surface area (Å²) in [4.78, 5) is 2.11. The molecule has 0 amide bonds. The summed E-state index contributed by atoms with van der Waals surface area (Å²) >= 11 is 16.0. The number of fused-ring (bicyclic) bond motifs is 1. The summed E-state index contributed by atoms with van der Waals surface area (Å²) in [6, 6.07) is 16.1. The molecule has 112 valence electrons. The van der Waals surface area contributed by atoms with E-state index >= 15 is 0 Å². The van der Waals surface area contributed by atoms with Gasteiger partial charge in [-0.3, -0.25) is 0 Å². The number of benzene rings is 3. The molecule has 0 N–H and O–H groups in total. The summed E-state index contributed by atoms with van der Waals surface area (Å²) in [6.45, 7) is 0. The highest BCUT2D eigenvalue weighted by Crippen LogP contribution is 2.39. The Morgan fingerprint density at radius 3 is 2.18 bits per heavy atom. The normalized spacial score (nSPS) is 11.0. The Morgan fingerprint density at radius 2 is 1.55 bits per heavy atom. The van der Waals surface area contributed by atoms with Crippen LogP contribution in [0.4, 0.5) is 5.69 Å². The standard InChI is InChI=1S/C18H14BrCl2N/c1-22(2)18-16-5-3-4-14(15(16)6-7-17(18)19)11-8-12(20)10-13(21)9-11/h3-10H,1-2H3. The van der Waals surface area contributed by atoms with E-state index in [0.29, 0.717) is 10.0 Å². The van der Waals surface area contributed by atoms with Crippen molar-refractivity contribution in [1.29, 1.82) is 0 Å². The Balaban J connectivity index is 2.34. The molecule has 0 spiro atoms. The van der Waals surface area contributed by atoms with Gasteiger partial charge in [-0.1, -0.05) is 47.5 Å². The Morgan fingerprint density at radius 1 is 0.864 bits per heavy atom. The van der Waals surface area contributed by atoms with Crippen LogP contribution >= 0.6 is 39.1 Å². The van der Waals surface area contributed by atoms with E-state index in [-0.39, 0.29) is 0 Å².